The van der Waals surface area contributed by atoms with E-state index >= 15 is 0 Å². The second-order valence-electron chi connectivity index (χ2n) is 3.94. The monoisotopic (exact) mass is 232 g/mol. The maximum Gasteiger partial charge on any atom is 0.122 e. The van der Waals surface area contributed by atoms with Gasteiger partial charge in [-0.05, 0) is 37.1 Å². The third kappa shape index (κ3) is 3.77. The molecule has 1 aliphatic rings. The fourth-order valence-electron chi connectivity index (χ4n) is 1.76. The average molecular weight is 232 g/mol. The predicted octanol–water partition coefficient (Wildman–Crippen LogP) is 1.59. The lowest BCUT2D eigenvalue weighted by Crippen LogP contribution is -2.27. The Balaban J connectivity index is 1.93. The molecule has 0 aromatic heterocycles. The summed E-state index contributed by atoms with van der Waals surface area (Å²) in [6.45, 7) is 1.40. The highest BCUT2D eigenvalue weighted by Gasteiger charge is 2.14. The van der Waals surface area contributed by atoms with Crippen molar-refractivity contribution in [3.05, 3.63) is 29.8 Å². The molecule has 2 rings (SSSR count). The van der Waals surface area contributed by atoms with Crippen molar-refractivity contribution in [2.75, 3.05) is 19.8 Å². The van der Waals surface area contributed by atoms with E-state index in [1.807, 2.05) is 24.3 Å². The third-order valence-electron chi connectivity index (χ3n) is 2.59. The zero-order valence-corrected chi connectivity index (χ0v) is 9.69. The summed E-state index contributed by atoms with van der Waals surface area (Å²) in [6.07, 6.45) is 2.27. The number of hydrogen-bond acceptors (Lipinski definition) is 3. The van der Waals surface area contributed by atoms with Crippen LogP contribution in [0.5, 0.6) is 5.75 Å². The van der Waals surface area contributed by atoms with E-state index in [4.69, 9.17) is 14.6 Å². The van der Waals surface area contributed by atoms with Crippen LogP contribution in [0.15, 0.2) is 24.3 Å². The molecule has 1 N–H and O–H groups in total. The van der Waals surface area contributed by atoms with Gasteiger partial charge in [-0.3, -0.25) is 0 Å². The van der Waals surface area contributed by atoms with Crippen LogP contribution in [0.1, 0.15) is 18.4 Å². The summed E-state index contributed by atoms with van der Waals surface area (Å²) in [7, 11) is 0. The summed E-state index contributed by atoms with van der Waals surface area (Å²) in [4.78, 5) is 0. The number of aliphatic hydroxyl groups excluding tert-OH is 1. The Kier molecular flexibility index (Phi) is 4.43. The van der Waals surface area contributed by atoms with Crippen molar-refractivity contribution >= 4 is 0 Å². The first-order valence-corrected chi connectivity index (χ1v) is 5.82. The van der Waals surface area contributed by atoms with Crippen LogP contribution in [0.2, 0.25) is 0 Å². The molecule has 1 aliphatic heterocycles. The maximum atomic E-state index is 8.59. The Bertz CT molecular complexity index is 394. The van der Waals surface area contributed by atoms with Crippen LogP contribution in [-0.2, 0) is 4.74 Å². The van der Waals surface area contributed by atoms with E-state index in [1.54, 1.807) is 0 Å². The first-order valence-electron chi connectivity index (χ1n) is 5.82. The van der Waals surface area contributed by atoms with Crippen molar-refractivity contribution in [1.82, 2.24) is 0 Å². The fraction of sp³-hybridized carbons (Fsp3) is 0.429. The lowest BCUT2D eigenvalue weighted by molar-refractivity contribution is 0.00743. The van der Waals surface area contributed by atoms with E-state index in [0.717, 1.165) is 30.8 Å². The zero-order valence-electron chi connectivity index (χ0n) is 9.69. The Morgan fingerprint density at radius 1 is 1.35 bits per heavy atom. The molecule has 1 heterocycles. The maximum absolute atomic E-state index is 8.59. The minimum atomic E-state index is -0.113. The van der Waals surface area contributed by atoms with E-state index < -0.39 is 0 Å². The Morgan fingerprint density at radius 3 is 2.82 bits per heavy atom. The number of aliphatic hydroxyl groups is 1. The highest BCUT2D eigenvalue weighted by atomic mass is 16.5. The van der Waals surface area contributed by atoms with Gasteiger partial charge in [-0.1, -0.05) is 11.8 Å². The molecule has 90 valence electrons. The van der Waals surface area contributed by atoms with Crippen molar-refractivity contribution < 1.29 is 14.6 Å². The molecule has 3 nitrogen and oxygen atoms in total. The van der Waals surface area contributed by atoms with Crippen molar-refractivity contribution in [2.24, 2.45) is 0 Å². The predicted molar refractivity (Wildman–Crippen MR) is 64.9 cm³/mol. The van der Waals surface area contributed by atoms with Crippen molar-refractivity contribution in [2.45, 2.75) is 18.9 Å². The number of ether oxygens (including phenoxy) is 2. The van der Waals surface area contributed by atoms with E-state index in [-0.39, 0.29) is 12.7 Å². The SMILES string of the molecule is OCC#Cc1ccc(OC2CCCOC2)cc1. The first-order chi connectivity index (χ1) is 8.38. The molecule has 1 unspecified atom stereocenters. The molecule has 0 radical (unpaired) electrons. The summed E-state index contributed by atoms with van der Waals surface area (Å²) in [5, 5.41) is 8.59. The van der Waals surface area contributed by atoms with Gasteiger partial charge in [0.15, 0.2) is 0 Å². The van der Waals surface area contributed by atoms with Gasteiger partial charge in [0.25, 0.3) is 0 Å². The van der Waals surface area contributed by atoms with Gasteiger partial charge in [0.2, 0.25) is 0 Å². The van der Waals surface area contributed by atoms with Gasteiger partial charge in [0.1, 0.15) is 18.5 Å². The quantitative estimate of drug-likeness (QED) is 0.787. The highest BCUT2D eigenvalue weighted by Crippen LogP contribution is 2.17. The molecule has 1 aromatic rings. The minimum absolute atomic E-state index is 0.113. The summed E-state index contributed by atoms with van der Waals surface area (Å²) < 4.78 is 11.1. The lowest BCUT2D eigenvalue weighted by Gasteiger charge is -2.23. The van der Waals surface area contributed by atoms with Crippen molar-refractivity contribution in [3.8, 4) is 17.6 Å². The van der Waals surface area contributed by atoms with Gasteiger partial charge >= 0.3 is 0 Å². The van der Waals surface area contributed by atoms with Gasteiger partial charge in [0.05, 0.1) is 6.61 Å². The standard InChI is InChI=1S/C14H16O3/c15-9-1-3-12-5-7-13(8-6-12)17-14-4-2-10-16-11-14/h5-8,14-15H,2,4,9-11H2. The summed E-state index contributed by atoms with van der Waals surface area (Å²) >= 11 is 0. The zero-order chi connectivity index (χ0) is 11.9. The van der Waals surface area contributed by atoms with E-state index in [9.17, 15) is 0 Å². The number of hydrogen-bond donors (Lipinski definition) is 1. The van der Waals surface area contributed by atoms with Gasteiger partial charge < -0.3 is 14.6 Å². The molecule has 0 spiro atoms. The molecule has 17 heavy (non-hydrogen) atoms. The van der Waals surface area contributed by atoms with Crippen LogP contribution in [0.25, 0.3) is 0 Å². The molecule has 0 amide bonds. The van der Waals surface area contributed by atoms with Gasteiger partial charge in [-0.25, -0.2) is 0 Å². The lowest BCUT2D eigenvalue weighted by atomic mass is 10.1. The van der Waals surface area contributed by atoms with E-state index in [2.05, 4.69) is 11.8 Å². The topological polar surface area (TPSA) is 38.7 Å². The van der Waals surface area contributed by atoms with Crippen molar-refractivity contribution in [1.29, 1.82) is 0 Å². The summed E-state index contributed by atoms with van der Waals surface area (Å²) in [5.74, 6) is 6.30. The Hall–Kier alpha value is -1.50. The summed E-state index contributed by atoms with van der Waals surface area (Å²) in [6, 6.07) is 7.58. The summed E-state index contributed by atoms with van der Waals surface area (Å²) in [5.41, 5.74) is 0.881. The molecular formula is C14H16O3. The van der Waals surface area contributed by atoms with E-state index in [0.29, 0.717) is 6.61 Å². The van der Waals surface area contributed by atoms with Gasteiger partial charge in [-0.15, -0.1) is 0 Å². The molecule has 1 aromatic carbocycles. The van der Waals surface area contributed by atoms with Crippen LogP contribution in [0, 0.1) is 11.8 Å². The van der Waals surface area contributed by atoms with Crippen LogP contribution in [0.3, 0.4) is 0 Å². The smallest absolute Gasteiger partial charge is 0.122 e. The van der Waals surface area contributed by atoms with Crippen LogP contribution >= 0.6 is 0 Å². The molecule has 0 saturated carbocycles. The van der Waals surface area contributed by atoms with Crippen LogP contribution in [-0.4, -0.2) is 31.0 Å². The minimum Gasteiger partial charge on any atom is -0.488 e. The Morgan fingerprint density at radius 2 is 2.18 bits per heavy atom. The molecule has 1 fully saturated rings. The number of benzene rings is 1. The molecule has 3 heteroatoms. The second-order valence-corrected chi connectivity index (χ2v) is 3.94. The second kappa shape index (κ2) is 6.29. The highest BCUT2D eigenvalue weighted by molar-refractivity contribution is 5.38. The molecular weight excluding hydrogens is 216 g/mol. The largest absolute Gasteiger partial charge is 0.488 e. The number of rotatable bonds is 2. The van der Waals surface area contributed by atoms with Crippen LogP contribution < -0.4 is 4.74 Å². The van der Waals surface area contributed by atoms with Crippen LogP contribution in [0.4, 0.5) is 0 Å². The third-order valence-corrected chi connectivity index (χ3v) is 2.59. The Labute approximate surface area is 101 Å². The van der Waals surface area contributed by atoms with E-state index in [1.165, 1.54) is 0 Å². The van der Waals surface area contributed by atoms with Gasteiger partial charge in [0, 0.05) is 12.2 Å². The van der Waals surface area contributed by atoms with Crippen molar-refractivity contribution in [3.63, 3.8) is 0 Å². The molecule has 0 aliphatic carbocycles. The molecule has 1 saturated heterocycles. The normalized spacial score (nSPS) is 19.2. The molecule has 1 atom stereocenters. The molecule has 0 bridgehead atoms. The average Bonchev–Trinajstić information content (AvgIpc) is 2.39. The van der Waals surface area contributed by atoms with Gasteiger partial charge in [-0.2, -0.15) is 0 Å². The fourth-order valence-corrected chi connectivity index (χ4v) is 1.76. The first kappa shape index (κ1) is 12.0.